The lowest BCUT2D eigenvalue weighted by molar-refractivity contribution is -0.137. The van der Waals surface area contributed by atoms with Gasteiger partial charge in [0.05, 0.1) is 0 Å². The molecule has 1 fully saturated rings. The van der Waals surface area contributed by atoms with Gasteiger partial charge in [-0.05, 0) is 30.4 Å². The molecule has 0 saturated carbocycles. The van der Waals surface area contributed by atoms with Crippen LogP contribution >= 0.6 is 0 Å². The Kier molecular flexibility index (Phi) is 3.93. The molecule has 1 aliphatic rings. The second kappa shape index (κ2) is 5.47. The molecule has 0 bridgehead atoms. The first-order chi connectivity index (χ1) is 8.99. The maximum atomic E-state index is 12.4. The molecule has 1 N–H and O–H groups in total. The average molecular weight is 264 g/mol. The Balaban J connectivity index is 2.08. The zero-order valence-corrected chi connectivity index (χ0v) is 11.4. The summed E-state index contributed by atoms with van der Waals surface area (Å²) < 4.78 is 1.49. The number of hydrogen-bond acceptors (Lipinski definition) is 2. The number of rotatable bonds is 4. The van der Waals surface area contributed by atoms with E-state index in [4.69, 9.17) is 5.11 Å². The fourth-order valence-electron chi connectivity index (χ4n) is 2.57. The summed E-state index contributed by atoms with van der Waals surface area (Å²) in [6, 6.07) is 3.40. The highest BCUT2D eigenvalue weighted by Gasteiger charge is 2.29. The van der Waals surface area contributed by atoms with Crippen molar-refractivity contribution in [2.24, 2.45) is 11.8 Å². The number of amides is 1. The quantitative estimate of drug-likeness (QED) is 0.900. The van der Waals surface area contributed by atoms with Gasteiger partial charge in [0, 0.05) is 19.3 Å². The first-order valence-electron chi connectivity index (χ1n) is 6.65. The van der Waals surface area contributed by atoms with Crippen molar-refractivity contribution in [3.05, 3.63) is 24.0 Å². The fourth-order valence-corrected chi connectivity index (χ4v) is 2.57. The van der Waals surface area contributed by atoms with E-state index < -0.39 is 5.97 Å². The molecule has 1 unspecified atom stereocenters. The van der Waals surface area contributed by atoms with E-state index in [1.165, 1.54) is 4.57 Å². The lowest BCUT2D eigenvalue weighted by atomic mass is 9.95. The third-order valence-corrected chi connectivity index (χ3v) is 3.81. The van der Waals surface area contributed by atoms with E-state index in [0.717, 1.165) is 19.5 Å². The van der Waals surface area contributed by atoms with E-state index in [0.29, 0.717) is 17.5 Å². The van der Waals surface area contributed by atoms with Gasteiger partial charge in [-0.25, -0.2) is 0 Å². The molecule has 0 spiro atoms. The maximum Gasteiger partial charge on any atom is 0.323 e. The summed E-state index contributed by atoms with van der Waals surface area (Å²) in [6.45, 7) is 5.71. The average Bonchev–Trinajstić information content (AvgIpc) is 2.95. The van der Waals surface area contributed by atoms with Gasteiger partial charge in [-0.1, -0.05) is 13.8 Å². The van der Waals surface area contributed by atoms with Gasteiger partial charge in [0.25, 0.3) is 5.91 Å². The molecule has 2 rings (SSSR count). The molecular formula is C14H20N2O3. The molecule has 0 radical (unpaired) electrons. The largest absolute Gasteiger partial charge is 0.480 e. The number of carboxylic acids is 1. The first-order valence-corrected chi connectivity index (χ1v) is 6.65. The van der Waals surface area contributed by atoms with Gasteiger partial charge in [0.2, 0.25) is 0 Å². The number of nitrogens with zero attached hydrogens (tertiary/aromatic N) is 2. The molecule has 1 amide bonds. The second-order valence-electron chi connectivity index (χ2n) is 5.46. The van der Waals surface area contributed by atoms with Crippen LogP contribution in [0, 0.1) is 11.8 Å². The summed E-state index contributed by atoms with van der Waals surface area (Å²) in [5, 5.41) is 8.83. The number of likely N-dealkylation sites (tertiary alicyclic amines) is 1. The van der Waals surface area contributed by atoms with Gasteiger partial charge >= 0.3 is 5.97 Å². The van der Waals surface area contributed by atoms with E-state index >= 15 is 0 Å². The van der Waals surface area contributed by atoms with E-state index in [1.807, 2.05) is 4.90 Å². The van der Waals surface area contributed by atoms with E-state index in [9.17, 15) is 9.59 Å². The van der Waals surface area contributed by atoms with Crippen LogP contribution in [-0.4, -0.2) is 39.5 Å². The number of hydrogen-bond donors (Lipinski definition) is 1. The summed E-state index contributed by atoms with van der Waals surface area (Å²) in [7, 11) is 0. The van der Waals surface area contributed by atoms with Crippen LogP contribution in [0.5, 0.6) is 0 Å². The number of aromatic nitrogens is 1. The van der Waals surface area contributed by atoms with Crippen molar-refractivity contribution in [3.63, 3.8) is 0 Å². The predicted molar refractivity (Wildman–Crippen MR) is 70.9 cm³/mol. The molecule has 104 valence electrons. The monoisotopic (exact) mass is 264 g/mol. The van der Waals surface area contributed by atoms with Gasteiger partial charge in [-0.3, -0.25) is 9.59 Å². The number of aliphatic carboxylic acids is 1. The first kappa shape index (κ1) is 13.6. The summed E-state index contributed by atoms with van der Waals surface area (Å²) >= 11 is 0. The Bertz CT molecular complexity index is 479. The minimum Gasteiger partial charge on any atom is -0.480 e. The molecule has 19 heavy (non-hydrogen) atoms. The van der Waals surface area contributed by atoms with Crippen LogP contribution in [-0.2, 0) is 11.3 Å². The SMILES string of the molecule is CC(C)C1CCN(C(=O)c2cccn2CC(=O)O)C1. The third kappa shape index (κ3) is 2.97. The van der Waals surface area contributed by atoms with Crippen molar-refractivity contribution >= 4 is 11.9 Å². The second-order valence-corrected chi connectivity index (χ2v) is 5.46. The molecule has 1 aromatic heterocycles. The smallest absolute Gasteiger partial charge is 0.323 e. The van der Waals surface area contributed by atoms with Crippen LogP contribution in [0.15, 0.2) is 18.3 Å². The summed E-state index contributed by atoms with van der Waals surface area (Å²) in [5.41, 5.74) is 0.465. The zero-order valence-electron chi connectivity index (χ0n) is 11.4. The Morgan fingerprint density at radius 2 is 2.21 bits per heavy atom. The number of carbonyl (C=O) groups is 2. The van der Waals surface area contributed by atoms with Gasteiger partial charge in [-0.15, -0.1) is 0 Å². The zero-order chi connectivity index (χ0) is 14.0. The lowest BCUT2D eigenvalue weighted by Gasteiger charge is -2.18. The van der Waals surface area contributed by atoms with E-state index in [2.05, 4.69) is 13.8 Å². The molecule has 0 aromatic carbocycles. The van der Waals surface area contributed by atoms with Gasteiger partial charge in [0.1, 0.15) is 12.2 Å². The molecule has 5 heteroatoms. The molecule has 1 saturated heterocycles. The molecule has 5 nitrogen and oxygen atoms in total. The van der Waals surface area contributed by atoms with Crippen molar-refractivity contribution in [2.75, 3.05) is 13.1 Å². The topological polar surface area (TPSA) is 62.5 Å². The highest BCUT2D eigenvalue weighted by molar-refractivity contribution is 5.93. The van der Waals surface area contributed by atoms with Gasteiger partial charge in [-0.2, -0.15) is 0 Å². The highest BCUT2D eigenvalue weighted by atomic mass is 16.4. The normalized spacial score (nSPS) is 19.1. The minimum atomic E-state index is -0.938. The van der Waals surface area contributed by atoms with Crippen molar-refractivity contribution in [1.82, 2.24) is 9.47 Å². The van der Waals surface area contributed by atoms with Crippen LogP contribution in [0.25, 0.3) is 0 Å². The van der Waals surface area contributed by atoms with E-state index in [1.54, 1.807) is 18.3 Å². The van der Waals surface area contributed by atoms with Crippen LogP contribution in [0.4, 0.5) is 0 Å². The van der Waals surface area contributed by atoms with E-state index in [-0.39, 0.29) is 12.5 Å². The maximum absolute atomic E-state index is 12.4. The van der Waals surface area contributed by atoms with Gasteiger partial charge < -0.3 is 14.6 Å². The third-order valence-electron chi connectivity index (χ3n) is 3.81. The predicted octanol–water partition coefficient (Wildman–Crippen LogP) is 1.69. The van der Waals surface area contributed by atoms with Gasteiger partial charge in [0.15, 0.2) is 0 Å². The summed E-state index contributed by atoms with van der Waals surface area (Å²) in [5.74, 6) is 0.122. The standard InChI is InChI=1S/C14H20N2O3/c1-10(2)11-5-7-16(8-11)14(19)12-4-3-6-15(12)9-13(17)18/h3-4,6,10-11H,5,7-9H2,1-2H3,(H,17,18). The van der Waals surface area contributed by atoms with Crippen LogP contribution in [0.3, 0.4) is 0 Å². The van der Waals surface area contributed by atoms with Crippen molar-refractivity contribution in [1.29, 1.82) is 0 Å². The van der Waals surface area contributed by atoms with Crippen molar-refractivity contribution in [3.8, 4) is 0 Å². The fraction of sp³-hybridized carbons (Fsp3) is 0.571. The molecule has 0 aliphatic carbocycles. The van der Waals surface area contributed by atoms with Crippen LogP contribution in [0.1, 0.15) is 30.8 Å². The Labute approximate surface area is 112 Å². The molecule has 1 atom stereocenters. The Hall–Kier alpha value is -1.78. The number of carboxylic acid groups (broad SMARTS) is 1. The number of carbonyl (C=O) groups excluding carboxylic acids is 1. The minimum absolute atomic E-state index is 0.0607. The van der Waals surface area contributed by atoms with Crippen molar-refractivity contribution in [2.45, 2.75) is 26.8 Å². The Morgan fingerprint density at radius 1 is 1.47 bits per heavy atom. The van der Waals surface area contributed by atoms with Crippen molar-refractivity contribution < 1.29 is 14.7 Å². The molecule has 2 heterocycles. The highest BCUT2D eigenvalue weighted by Crippen LogP contribution is 2.25. The molecule has 1 aromatic rings. The Morgan fingerprint density at radius 3 is 2.79 bits per heavy atom. The summed E-state index contributed by atoms with van der Waals surface area (Å²) in [6.07, 6.45) is 2.67. The molecule has 1 aliphatic heterocycles. The van der Waals surface area contributed by atoms with Crippen LogP contribution in [0.2, 0.25) is 0 Å². The summed E-state index contributed by atoms with van der Waals surface area (Å²) in [4.78, 5) is 25.0. The van der Waals surface area contributed by atoms with Crippen LogP contribution < -0.4 is 0 Å². The molecular weight excluding hydrogens is 244 g/mol. The lowest BCUT2D eigenvalue weighted by Crippen LogP contribution is -2.31.